The van der Waals surface area contributed by atoms with E-state index in [-0.39, 0.29) is 11.5 Å². The van der Waals surface area contributed by atoms with Gasteiger partial charge < -0.3 is 23.9 Å². The van der Waals surface area contributed by atoms with Gasteiger partial charge >= 0.3 is 0 Å². The predicted octanol–water partition coefficient (Wildman–Crippen LogP) is 3.70. The number of hydrogen-bond donors (Lipinski definition) is 1. The molecule has 4 unspecified atom stereocenters. The zero-order valence-corrected chi connectivity index (χ0v) is 18.1. The van der Waals surface area contributed by atoms with Gasteiger partial charge in [0.15, 0.2) is 11.5 Å². The highest BCUT2D eigenvalue weighted by Crippen LogP contribution is 2.32. The van der Waals surface area contributed by atoms with Gasteiger partial charge in [-0.05, 0) is 11.1 Å². The molecule has 0 aromatic heterocycles. The van der Waals surface area contributed by atoms with E-state index in [0.717, 1.165) is 17.4 Å². The van der Waals surface area contributed by atoms with E-state index in [1.807, 2.05) is 74.8 Å². The molecular weight excluding hydrogens is 400 g/mol. The van der Waals surface area contributed by atoms with Gasteiger partial charge in [-0.2, -0.15) is 0 Å². The second-order valence-corrected chi connectivity index (χ2v) is 8.46. The molecule has 2 aromatic rings. The second-order valence-electron chi connectivity index (χ2n) is 7.32. The molecule has 160 valence electrons. The fourth-order valence-electron chi connectivity index (χ4n) is 3.17. The molecule has 0 radical (unpaired) electrons. The summed E-state index contributed by atoms with van der Waals surface area (Å²) in [6.07, 6.45) is -0.296. The maximum Gasteiger partial charge on any atom is 0.158 e. The number of hydrogen-bond acceptors (Lipinski definition) is 6. The van der Waals surface area contributed by atoms with Crippen molar-refractivity contribution in [2.24, 2.45) is 0 Å². The minimum atomic E-state index is -0.754. The third-order valence-electron chi connectivity index (χ3n) is 4.80. The number of carbonyl (C=O) groups is 1. The SMILES string of the molecule is CN(C)C(=N)SC1CC(OCc2ccccc2)C(OCc2ccccc2)C(C=O)O1. The zero-order valence-electron chi connectivity index (χ0n) is 17.3. The van der Waals surface area contributed by atoms with Crippen LogP contribution in [0.2, 0.25) is 0 Å². The summed E-state index contributed by atoms with van der Waals surface area (Å²) in [5.41, 5.74) is 1.72. The van der Waals surface area contributed by atoms with Gasteiger partial charge in [-0.1, -0.05) is 72.4 Å². The monoisotopic (exact) mass is 428 g/mol. The van der Waals surface area contributed by atoms with Crippen LogP contribution >= 0.6 is 11.8 Å². The highest BCUT2D eigenvalue weighted by atomic mass is 32.2. The van der Waals surface area contributed by atoms with Crippen LogP contribution in [0.25, 0.3) is 0 Å². The Morgan fingerprint density at radius 3 is 2.17 bits per heavy atom. The van der Waals surface area contributed by atoms with Gasteiger partial charge in [0.2, 0.25) is 0 Å². The molecule has 0 amide bonds. The summed E-state index contributed by atoms with van der Waals surface area (Å²) in [5, 5.41) is 8.47. The average Bonchev–Trinajstić information content (AvgIpc) is 2.77. The molecule has 3 rings (SSSR count). The van der Waals surface area contributed by atoms with Crippen molar-refractivity contribution in [3.63, 3.8) is 0 Å². The minimum Gasteiger partial charge on any atom is -0.371 e. The summed E-state index contributed by atoms with van der Waals surface area (Å²) in [5.74, 6) is 0. The molecule has 4 atom stereocenters. The summed E-state index contributed by atoms with van der Waals surface area (Å²) in [6.45, 7) is 0.792. The number of thioether (sulfide) groups is 1. The quantitative estimate of drug-likeness (QED) is 0.393. The molecule has 7 heteroatoms. The fourth-order valence-corrected chi connectivity index (χ4v) is 4.10. The highest BCUT2D eigenvalue weighted by Gasteiger charge is 2.41. The Labute approximate surface area is 182 Å². The average molecular weight is 429 g/mol. The molecule has 0 saturated carbocycles. The molecule has 1 saturated heterocycles. The number of benzene rings is 2. The number of ether oxygens (including phenoxy) is 3. The van der Waals surface area contributed by atoms with Crippen LogP contribution < -0.4 is 0 Å². The Morgan fingerprint density at radius 2 is 1.63 bits per heavy atom. The summed E-state index contributed by atoms with van der Waals surface area (Å²) < 4.78 is 18.3. The Morgan fingerprint density at radius 1 is 1.07 bits per heavy atom. The lowest BCUT2D eigenvalue weighted by molar-refractivity contribution is -0.188. The van der Waals surface area contributed by atoms with Crippen molar-refractivity contribution in [1.82, 2.24) is 4.90 Å². The maximum atomic E-state index is 11.8. The van der Waals surface area contributed by atoms with E-state index < -0.39 is 12.2 Å². The molecule has 1 fully saturated rings. The first kappa shape index (κ1) is 22.5. The van der Waals surface area contributed by atoms with Gasteiger partial charge in [0, 0.05) is 20.5 Å². The number of carbonyl (C=O) groups excluding carboxylic acids is 1. The Bertz CT molecular complexity index is 803. The van der Waals surface area contributed by atoms with Crippen LogP contribution in [-0.4, -0.2) is 54.2 Å². The number of nitrogens with one attached hydrogen (secondary N) is 1. The van der Waals surface area contributed by atoms with Gasteiger partial charge in [0.25, 0.3) is 0 Å². The van der Waals surface area contributed by atoms with Crippen molar-refractivity contribution in [3.05, 3.63) is 71.8 Å². The fraction of sp³-hybridized carbons (Fsp3) is 0.391. The predicted molar refractivity (Wildman–Crippen MR) is 118 cm³/mol. The zero-order chi connectivity index (χ0) is 21.3. The van der Waals surface area contributed by atoms with Crippen LogP contribution in [0.1, 0.15) is 17.5 Å². The van der Waals surface area contributed by atoms with E-state index in [0.29, 0.717) is 24.8 Å². The first-order chi connectivity index (χ1) is 14.6. The lowest BCUT2D eigenvalue weighted by Gasteiger charge is -2.39. The maximum absolute atomic E-state index is 11.8. The lowest BCUT2D eigenvalue weighted by atomic mass is 10.0. The Kier molecular flexibility index (Phi) is 8.45. The Balaban J connectivity index is 1.71. The van der Waals surface area contributed by atoms with Crippen LogP contribution in [0, 0.1) is 5.41 Å². The molecule has 0 aliphatic carbocycles. The molecule has 1 aliphatic heterocycles. The van der Waals surface area contributed by atoms with Crippen LogP contribution in [0.15, 0.2) is 60.7 Å². The third-order valence-corrected chi connectivity index (χ3v) is 5.95. The molecule has 1 aliphatic rings. The molecule has 1 heterocycles. The van der Waals surface area contributed by atoms with Crippen LogP contribution in [0.4, 0.5) is 0 Å². The largest absolute Gasteiger partial charge is 0.371 e. The molecule has 1 N–H and O–H groups in total. The van der Waals surface area contributed by atoms with E-state index in [1.54, 1.807) is 4.90 Å². The van der Waals surface area contributed by atoms with E-state index >= 15 is 0 Å². The summed E-state index contributed by atoms with van der Waals surface area (Å²) in [6, 6.07) is 19.7. The highest BCUT2D eigenvalue weighted by molar-refractivity contribution is 8.14. The van der Waals surface area contributed by atoms with E-state index in [9.17, 15) is 4.79 Å². The molecule has 2 aromatic carbocycles. The lowest BCUT2D eigenvalue weighted by Crippen LogP contribution is -2.51. The molecular formula is C23H28N2O4S. The van der Waals surface area contributed by atoms with Crippen molar-refractivity contribution >= 4 is 23.2 Å². The van der Waals surface area contributed by atoms with Crippen molar-refractivity contribution < 1.29 is 19.0 Å². The summed E-state index contributed by atoms with van der Waals surface area (Å²) >= 11 is 1.28. The second kappa shape index (κ2) is 11.3. The van der Waals surface area contributed by atoms with Gasteiger partial charge in [0.1, 0.15) is 17.6 Å². The van der Waals surface area contributed by atoms with Gasteiger partial charge in [-0.3, -0.25) is 5.41 Å². The summed E-state index contributed by atoms with van der Waals surface area (Å²) in [4.78, 5) is 13.5. The van der Waals surface area contributed by atoms with Crippen molar-refractivity contribution in [2.75, 3.05) is 14.1 Å². The van der Waals surface area contributed by atoms with Crippen molar-refractivity contribution in [1.29, 1.82) is 5.41 Å². The standard InChI is InChI=1S/C23H28N2O4S/c1-25(2)23(24)30-21-13-19(27-15-17-9-5-3-6-10-17)22(20(14-26)29-21)28-16-18-11-7-4-8-12-18/h3-12,14,19-22,24H,13,15-16H2,1-2H3. The summed E-state index contributed by atoms with van der Waals surface area (Å²) in [7, 11) is 3.62. The topological polar surface area (TPSA) is 71.9 Å². The first-order valence-electron chi connectivity index (χ1n) is 9.91. The third kappa shape index (κ3) is 6.40. The molecule has 0 bridgehead atoms. The normalized spacial score (nSPS) is 23.7. The van der Waals surface area contributed by atoms with E-state index in [2.05, 4.69) is 0 Å². The molecule has 6 nitrogen and oxygen atoms in total. The van der Waals surface area contributed by atoms with Crippen molar-refractivity contribution in [3.8, 4) is 0 Å². The van der Waals surface area contributed by atoms with E-state index in [4.69, 9.17) is 19.6 Å². The van der Waals surface area contributed by atoms with Crippen molar-refractivity contribution in [2.45, 2.75) is 43.4 Å². The van der Waals surface area contributed by atoms with Gasteiger partial charge in [0.05, 0.1) is 19.3 Å². The Hall–Kier alpha value is -2.19. The number of aldehydes is 1. The van der Waals surface area contributed by atoms with Crippen LogP contribution in [0.3, 0.4) is 0 Å². The number of amidine groups is 1. The molecule has 0 spiro atoms. The van der Waals surface area contributed by atoms with Gasteiger partial charge in [-0.25, -0.2) is 0 Å². The number of rotatable bonds is 8. The van der Waals surface area contributed by atoms with Crippen LogP contribution in [-0.2, 0) is 32.2 Å². The van der Waals surface area contributed by atoms with Gasteiger partial charge in [-0.15, -0.1) is 0 Å². The molecule has 30 heavy (non-hydrogen) atoms. The first-order valence-corrected chi connectivity index (χ1v) is 10.8. The van der Waals surface area contributed by atoms with Crippen LogP contribution in [0.5, 0.6) is 0 Å². The number of nitrogens with zero attached hydrogens (tertiary/aromatic N) is 1. The minimum absolute atomic E-state index is 0.328. The smallest absolute Gasteiger partial charge is 0.158 e. The van der Waals surface area contributed by atoms with E-state index in [1.165, 1.54) is 11.8 Å².